The van der Waals surface area contributed by atoms with Crippen molar-refractivity contribution in [2.45, 2.75) is 26.2 Å². The maximum absolute atomic E-state index is 12.7. The van der Waals surface area contributed by atoms with Crippen LogP contribution in [0, 0.1) is 13.8 Å². The van der Waals surface area contributed by atoms with Crippen LogP contribution < -0.4 is 9.64 Å². The lowest BCUT2D eigenvalue weighted by atomic mass is 10.1. The monoisotopic (exact) mass is 363 g/mol. The minimum Gasteiger partial charge on any atom is -0.495 e. The summed E-state index contributed by atoms with van der Waals surface area (Å²) < 4.78 is 10.9. The number of benzene rings is 2. The Hall–Kier alpha value is -3.15. The molecule has 1 atom stereocenters. The summed E-state index contributed by atoms with van der Waals surface area (Å²) in [6, 6.07) is 13.7. The topological polar surface area (TPSA) is 68.5 Å². The van der Waals surface area contributed by atoms with Crippen LogP contribution in [0.15, 0.2) is 47.0 Å². The van der Waals surface area contributed by atoms with Crippen LogP contribution in [-0.4, -0.2) is 29.7 Å². The molecule has 2 aromatic carbocycles. The average Bonchev–Trinajstić information content (AvgIpc) is 3.29. The van der Waals surface area contributed by atoms with Crippen molar-refractivity contribution in [1.82, 2.24) is 10.1 Å². The summed E-state index contributed by atoms with van der Waals surface area (Å²) in [4.78, 5) is 19.0. The van der Waals surface area contributed by atoms with E-state index in [-0.39, 0.29) is 11.8 Å². The molecule has 0 saturated carbocycles. The number of rotatable bonds is 4. The van der Waals surface area contributed by atoms with Gasteiger partial charge >= 0.3 is 0 Å². The molecule has 0 bridgehead atoms. The standard InChI is InChI=1S/C21H21N3O3/c1-13-8-9-18(26-3)17(10-13)24-12-15(11-19(24)25)20-22-21(27-23-20)16-7-5-4-6-14(16)2/h4-10,15H,11-12H2,1-3H3. The zero-order chi connectivity index (χ0) is 19.0. The third kappa shape index (κ3) is 3.18. The minimum absolute atomic E-state index is 0.0335. The molecule has 1 unspecified atom stereocenters. The van der Waals surface area contributed by atoms with Gasteiger partial charge in [-0.25, -0.2) is 0 Å². The molecule has 1 fully saturated rings. The fourth-order valence-corrected chi connectivity index (χ4v) is 3.45. The quantitative estimate of drug-likeness (QED) is 0.703. The number of hydrogen-bond acceptors (Lipinski definition) is 5. The van der Waals surface area contributed by atoms with Gasteiger partial charge in [0.15, 0.2) is 5.82 Å². The molecule has 138 valence electrons. The number of carbonyl (C=O) groups is 1. The highest BCUT2D eigenvalue weighted by atomic mass is 16.5. The van der Waals surface area contributed by atoms with E-state index in [1.54, 1.807) is 12.0 Å². The van der Waals surface area contributed by atoms with Gasteiger partial charge in [0.1, 0.15) is 5.75 Å². The van der Waals surface area contributed by atoms with E-state index in [9.17, 15) is 4.79 Å². The summed E-state index contributed by atoms with van der Waals surface area (Å²) >= 11 is 0. The Kier molecular flexibility index (Phi) is 4.39. The van der Waals surface area contributed by atoms with Crippen LogP contribution in [0.5, 0.6) is 5.75 Å². The highest BCUT2D eigenvalue weighted by Crippen LogP contribution is 2.37. The Labute approximate surface area is 157 Å². The number of aryl methyl sites for hydroxylation is 2. The summed E-state index contributed by atoms with van der Waals surface area (Å²) in [5, 5.41) is 4.14. The second-order valence-electron chi connectivity index (χ2n) is 6.85. The Bertz CT molecular complexity index is 996. The predicted molar refractivity (Wildman–Crippen MR) is 102 cm³/mol. The van der Waals surface area contributed by atoms with Crippen LogP contribution in [0.25, 0.3) is 11.5 Å². The normalized spacial score (nSPS) is 16.8. The fourth-order valence-electron chi connectivity index (χ4n) is 3.45. The van der Waals surface area contributed by atoms with Crippen LogP contribution in [0.4, 0.5) is 5.69 Å². The van der Waals surface area contributed by atoms with E-state index >= 15 is 0 Å². The van der Waals surface area contributed by atoms with Crippen LogP contribution in [0.1, 0.15) is 29.3 Å². The number of carbonyl (C=O) groups excluding carboxylic acids is 1. The van der Waals surface area contributed by atoms with E-state index in [1.807, 2.05) is 56.3 Å². The van der Waals surface area contributed by atoms with Crippen LogP contribution in [0.2, 0.25) is 0 Å². The van der Waals surface area contributed by atoms with E-state index in [2.05, 4.69) is 10.1 Å². The third-order valence-corrected chi connectivity index (χ3v) is 4.93. The van der Waals surface area contributed by atoms with Crippen molar-refractivity contribution in [3.63, 3.8) is 0 Å². The van der Waals surface area contributed by atoms with E-state index in [1.165, 1.54) is 0 Å². The van der Waals surface area contributed by atoms with Crippen molar-refractivity contribution >= 4 is 11.6 Å². The first-order chi connectivity index (χ1) is 13.1. The van der Waals surface area contributed by atoms with Gasteiger partial charge in [-0.15, -0.1) is 0 Å². The van der Waals surface area contributed by atoms with Crippen LogP contribution >= 0.6 is 0 Å². The van der Waals surface area contributed by atoms with Gasteiger partial charge in [-0.1, -0.05) is 29.4 Å². The van der Waals surface area contributed by atoms with Crippen molar-refractivity contribution in [2.24, 2.45) is 0 Å². The minimum atomic E-state index is -0.107. The van der Waals surface area contributed by atoms with Gasteiger partial charge in [0.05, 0.1) is 12.8 Å². The Morgan fingerprint density at radius 3 is 2.78 bits per heavy atom. The molecule has 0 N–H and O–H groups in total. The molecule has 1 aliphatic heterocycles. The average molecular weight is 363 g/mol. The molecule has 4 rings (SSSR count). The number of anilines is 1. The predicted octanol–water partition coefficient (Wildman–Crippen LogP) is 3.88. The van der Waals surface area contributed by atoms with E-state index in [4.69, 9.17) is 9.26 Å². The van der Waals surface area contributed by atoms with Gasteiger partial charge in [-0.05, 0) is 43.2 Å². The molecule has 0 radical (unpaired) electrons. The number of aromatic nitrogens is 2. The molecule has 1 aliphatic rings. The zero-order valence-electron chi connectivity index (χ0n) is 15.6. The van der Waals surface area contributed by atoms with E-state index in [0.29, 0.717) is 30.4 Å². The van der Waals surface area contributed by atoms with Gasteiger partial charge in [0, 0.05) is 24.4 Å². The largest absolute Gasteiger partial charge is 0.495 e. The third-order valence-electron chi connectivity index (χ3n) is 4.93. The lowest BCUT2D eigenvalue weighted by molar-refractivity contribution is -0.117. The fraction of sp³-hybridized carbons (Fsp3) is 0.286. The molecule has 1 saturated heterocycles. The van der Waals surface area contributed by atoms with Gasteiger partial charge in [-0.3, -0.25) is 4.79 Å². The van der Waals surface area contributed by atoms with Gasteiger partial charge < -0.3 is 14.2 Å². The van der Waals surface area contributed by atoms with Gasteiger partial charge in [-0.2, -0.15) is 4.98 Å². The lowest BCUT2D eigenvalue weighted by Gasteiger charge is -2.19. The zero-order valence-corrected chi connectivity index (χ0v) is 15.6. The summed E-state index contributed by atoms with van der Waals surface area (Å²) in [6.07, 6.45) is 0.351. The Balaban J connectivity index is 1.60. The maximum Gasteiger partial charge on any atom is 0.258 e. The molecular weight excluding hydrogens is 342 g/mol. The number of amides is 1. The van der Waals surface area contributed by atoms with Crippen LogP contribution in [0.3, 0.4) is 0 Å². The Morgan fingerprint density at radius 1 is 1.19 bits per heavy atom. The number of nitrogens with zero attached hydrogens (tertiary/aromatic N) is 3. The van der Waals surface area contributed by atoms with Crippen molar-refractivity contribution < 1.29 is 14.1 Å². The number of methoxy groups -OCH3 is 1. The molecule has 0 spiro atoms. The highest BCUT2D eigenvalue weighted by molar-refractivity contribution is 5.97. The number of hydrogen-bond donors (Lipinski definition) is 0. The second-order valence-corrected chi connectivity index (χ2v) is 6.85. The molecule has 2 heterocycles. The summed E-state index contributed by atoms with van der Waals surface area (Å²) in [5.41, 5.74) is 3.84. The second kappa shape index (κ2) is 6.87. The van der Waals surface area contributed by atoms with Gasteiger partial charge in [0.25, 0.3) is 5.89 Å². The van der Waals surface area contributed by atoms with E-state index < -0.39 is 0 Å². The van der Waals surface area contributed by atoms with Crippen molar-refractivity contribution in [3.8, 4) is 17.2 Å². The first kappa shape index (κ1) is 17.3. The SMILES string of the molecule is COc1ccc(C)cc1N1CC(c2noc(-c3ccccc3C)n2)CC1=O. The molecule has 27 heavy (non-hydrogen) atoms. The summed E-state index contributed by atoms with van der Waals surface area (Å²) in [7, 11) is 1.61. The molecular formula is C21H21N3O3. The molecule has 1 aromatic heterocycles. The Morgan fingerprint density at radius 2 is 2.00 bits per heavy atom. The molecule has 6 heteroatoms. The summed E-state index contributed by atoms with van der Waals surface area (Å²) in [5.74, 6) is 1.66. The van der Waals surface area contributed by atoms with Crippen LogP contribution in [-0.2, 0) is 4.79 Å². The first-order valence-corrected chi connectivity index (χ1v) is 8.91. The summed E-state index contributed by atoms with van der Waals surface area (Å²) in [6.45, 7) is 4.50. The first-order valence-electron chi connectivity index (χ1n) is 8.91. The maximum atomic E-state index is 12.7. The highest BCUT2D eigenvalue weighted by Gasteiger charge is 2.36. The lowest BCUT2D eigenvalue weighted by Crippen LogP contribution is -2.25. The van der Waals surface area contributed by atoms with Crippen molar-refractivity contribution in [3.05, 3.63) is 59.4 Å². The number of ether oxygens (including phenoxy) is 1. The van der Waals surface area contributed by atoms with Crippen molar-refractivity contribution in [2.75, 3.05) is 18.6 Å². The molecule has 3 aromatic rings. The molecule has 0 aliphatic carbocycles. The molecule has 1 amide bonds. The van der Waals surface area contributed by atoms with Crippen molar-refractivity contribution in [1.29, 1.82) is 0 Å². The van der Waals surface area contributed by atoms with Gasteiger partial charge in [0.2, 0.25) is 5.91 Å². The van der Waals surface area contributed by atoms with E-state index in [0.717, 1.165) is 22.4 Å². The molecule has 6 nitrogen and oxygen atoms in total. The smallest absolute Gasteiger partial charge is 0.258 e.